The number of alkyl halides is 2. The first-order chi connectivity index (χ1) is 1.41. The molecule has 0 aromatic heterocycles. The summed E-state index contributed by atoms with van der Waals surface area (Å²) in [4.78, 5) is 0. The first-order valence-electron chi connectivity index (χ1n) is 0.535. The average Bonchev–Trinajstić information content (AvgIpc) is 0.918. The number of halogens is 2. The fraction of sp³-hybridized carbons (Fsp3) is 1.00. The summed E-state index contributed by atoms with van der Waals surface area (Å²) in [6.07, 6.45) is 0. The van der Waals surface area contributed by atoms with Gasteiger partial charge in [-0.25, -0.2) is 0 Å². The molecule has 0 unspecified atom stereocenters. The van der Waals surface area contributed by atoms with Gasteiger partial charge in [-0.2, -0.15) is 0 Å². The molecule has 0 atom stereocenters. The Bertz CT molecular complexity index is 9.61. The number of hydrogen-bond donors (Lipinski definition) is 0. The van der Waals surface area contributed by atoms with E-state index in [1.807, 2.05) is 0 Å². The van der Waals surface area contributed by atoms with Gasteiger partial charge in [0.1, 0.15) is 0 Å². The summed E-state index contributed by atoms with van der Waals surface area (Å²) in [6.45, 7) is 0. The minimum absolute atomic E-state index is 0. The van der Waals surface area contributed by atoms with Gasteiger partial charge in [0, 0.05) is 0 Å². The second-order valence-electron chi connectivity index (χ2n) is 0.101. The van der Waals surface area contributed by atoms with Gasteiger partial charge in [0.2, 0.25) is 0 Å². The molecule has 5 heavy (non-hydrogen) atoms. The van der Waals surface area contributed by atoms with Gasteiger partial charge in [0.15, 0.2) is 0 Å². The molecule has 0 aliphatic carbocycles. The summed E-state index contributed by atoms with van der Waals surface area (Å²) >= 11 is 9.53. The molecule has 0 saturated heterocycles. The molecule has 0 aromatic rings. The molecule has 0 aliphatic heterocycles. The quantitative estimate of drug-likeness (QED) is 0.237. The molecule has 0 spiro atoms. The van der Waals surface area contributed by atoms with Crippen LogP contribution < -0.4 is 29.6 Å². The van der Waals surface area contributed by atoms with E-state index in [1.54, 1.807) is 0 Å². The van der Waals surface area contributed by atoms with Crippen molar-refractivity contribution in [2.24, 2.45) is 0 Å². The molecule has 4 heteroatoms. The maximum absolute atomic E-state index is 4.76. The van der Waals surface area contributed by atoms with Crippen molar-refractivity contribution in [3.63, 3.8) is 0 Å². The van der Waals surface area contributed by atoms with Gasteiger partial charge in [-0.1, -0.05) is 8.41 Å². The summed E-state index contributed by atoms with van der Waals surface area (Å²) < 4.78 is 0. The Kier molecular flexibility index (Phi) is 55.5. The van der Waals surface area contributed by atoms with Gasteiger partial charge in [-0.3, -0.25) is 0 Å². The van der Waals surface area contributed by atoms with Crippen LogP contribution >= 0.6 is 23.2 Å². The topological polar surface area (TPSA) is 0 Å². The van der Waals surface area contributed by atoms with E-state index in [4.69, 9.17) is 23.2 Å². The van der Waals surface area contributed by atoms with E-state index in [1.165, 1.54) is 0 Å². The van der Waals surface area contributed by atoms with Crippen LogP contribution in [-0.2, 0) is 0 Å². The molecule has 0 saturated carbocycles. The third-order valence-corrected chi connectivity index (χ3v) is 0. The zero-order chi connectivity index (χ0) is 2.71. The zero-order valence-electron chi connectivity index (χ0n) is 2.46. The first-order valence-corrected chi connectivity index (χ1v) is 1.60. The molecule has 0 aliphatic rings. The molecule has 0 N–H and O–H groups in total. The molecule has 0 aromatic carbocycles. The van der Waals surface area contributed by atoms with E-state index in [0.29, 0.717) is 0 Å². The van der Waals surface area contributed by atoms with Crippen molar-refractivity contribution in [2.75, 3.05) is 5.34 Å². The van der Waals surface area contributed by atoms with Crippen molar-refractivity contribution in [1.29, 1.82) is 0 Å². The van der Waals surface area contributed by atoms with E-state index in [9.17, 15) is 0 Å². The van der Waals surface area contributed by atoms with Crippen molar-refractivity contribution < 1.29 is 29.6 Å². The van der Waals surface area contributed by atoms with Crippen LogP contribution in [0.4, 0.5) is 0 Å². The van der Waals surface area contributed by atoms with E-state index < -0.39 is 0 Å². The Morgan fingerprint density at radius 2 is 1.20 bits per heavy atom. The monoisotopic (exact) mass is 122 g/mol. The molecule has 28 valence electrons. The van der Waals surface area contributed by atoms with Crippen molar-refractivity contribution in [3.05, 3.63) is 0 Å². The maximum atomic E-state index is 4.76. The number of rotatable bonds is 0. The van der Waals surface area contributed by atoms with Gasteiger partial charge >= 0.3 is 29.6 Å². The Labute approximate surface area is 66.1 Å². The Hall–Kier alpha value is 1.64. The van der Waals surface area contributed by atoms with E-state index in [-0.39, 0.29) is 43.3 Å². The molecule has 0 rings (SSSR count). The Balaban J connectivity index is -0.0000000200. The summed E-state index contributed by atoms with van der Waals surface area (Å²) in [5.74, 6) is 0. The SMILES string of the molecule is ClCCl.[BH4-].[Na+]. The first kappa shape index (κ1) is 15.9. The van der Waals surface area contributed by atoms with Crippen LogP contribution in [0.5, 0.6) is 0 Å². The fourth-order valence-electron chi connectivity index (χ4n) is 0. The summed E-state index contributed by atoms with van der Waals surface area (Å²) in [7, 11) is 0. The number of hydrogen-bond acceptors (Lipinski definition) is 0. The van der Waals surface area contributed by atoms with Crippen molar-refractivity contribution in [1.82, 2.24) is 0 Å². The standard InChI is InChI=1S/CH2Cl2.BH4.Na/c2-1-3;;/h1H2;1H4;/q;-1;+1. The normalized spacial score (nSPS) is 3.60. The predicted octanol–water partition coefficient (Wildman–Crippen LogP) is -3.03. The average molecular weight is 123 g/mol. The molecular weight excluding hydrogens is 117 g/mol. The largest absolute Gasteiger partial charge is 1.00 e. The van der Waals surface area contributed by atoms with Crippen LogP contribution in [0.1, 0.15) is 0 Å². The van der Waals surface area contributed by atoms with Crippen molar-refractivity contribution in [2.45, 2.75) is 0 Å². The van der Waals surface area contributed by atoms with Crippen LogP contribution in [0.15, 0.2) is 0 Å². The minimum Gasteiger partial charge on any atom is -0.109 e. The van der Waals surface area contributed by atoms with Crippen LogP contribution in [0.2, 0.25) is 0 Å². The third kappa shape index (κ3) is 27.7. The summed E-state index contributed by atoms with van der Waals surface area (Å²) in [6, 6.07) is 0. The molecule has 0 fully saturated rings. The van der Waals surface area contributed by atoms with Crippen LogP contribution in [0.25, 0.3) is 0 Å². The van der Waals surface area contributed by atoms with Gasteiger partial charge in [-0.15, -0.1) is 23.2 Å². The smallest absolute Gasteiger partial charge is 0.109 e. The van der Waals surface area contributed by atoms with Crippen LogP contribution in [0.3, 0.4) is 0 Å². The van der Waals surface area contributed by atoms with Crippen LogP contribution in [-0.4, -0.2) is 13.8 Å². The molecule has 0 heterocycles. The summed E-state index contributed by atoms with van der Waals surface area (Å²) in [5, 5.41) is 0.194. The predicted molar refractivity (Wildman–Crippen MR) is 27.9 cm³/mol. The third-order valence-electron chi connectivity index (χ3n) is 0. The van der Waals surface area contributed by atoms with Crippen molar-refractivity contribution >= 4 is 31.6 Å². The van der Waals surface area contributed by atoms with Crippen LogP contribution in [0, 0.1) is 0 Å². The summed E-state index contributed by atoms with van der Waals surface area (Å²) in [5.41, 5.74) is 0. The maximum Gasteiger partial charge on any atom is 1.00 e. The zero-order valence-corrected chi connectivity index (χ0v) is 5.97. The molecule has 0 radical (unpaired) electrons. The Morgan fingerprint density at radius 3 is 1.20 bits per heavy atom. The minimum atomic E-state index is 0. The molecule has 0 nitrogen and oxygen atoms in total. The van der Waals surface area contributed by atoms with E-state index >= 15 is 0 Å². The molecule has 0 bridgehead atoms. The van der Waals surface area contributed by atoms with E-state index in [0.717, 1.165) is 0 Å². The van der Waals surface area contributed by atoms with Gasteiger partial charge in [-0.05, 0) is 0 Å². The van der Waals surface area contributed by atoms with Crippen molar-refractivity contribution in [3.8, 4) is 0 Å². The van der Waals surface area contributed by atoms with Gasteiger partial charge < -0.3 is 0 Å². The fourth-order valence-corrected chi connectivity index (χ4v) is 0. The molecular formula is CH6BCl2Na. The van der Waals surface area contributed by atoms with Gasteiger partial charge in [0.25, 0.3) is 0 Å². The second-order valence-corrected chi connectivity index (χ2v) is 0.909. The molecule has 0 amide bonds. The second kappa shape index (κ2) is 17.4. The Morgan fingerprint density at radius 1 is 1.20 bits per heavy atom. The van der Waals surface area contributed by atoms with E-state index in [2.05, 4.69) is 0 Å². The van der Waals surface area contributed by atoms with Gasteiger partial charge in [0.05, 0.1) is 5.34 Å².